The van der Waals surface area contributed by atoms with Gasteiger partial charge in [-0.2, -0.15) is 0 Å². The normalized spacial score (nSPS) is 19.1. The number of carbonyl (C=O) groups excluding carboxylic acids is 3. The highest BCUT2D eigenvalue weighted by Crippen LogP contribution is 2.47. The molecule has 36 heavy (non-hydrogen) atoms. The fraction of sp³-hybridized carbons (Fsp3) is 0.233. The van der Waals surface area contributed by atoms with E-state index in [0.29, 0.717) is 29.7 Å². The lowest BCUT2D eigenvalue weighted by molar-refractivity contribution is -0.117. The van der Waals surface area contributed by atoms with Crippen LogP contribution in [0.5, 0.6) is 0 Å². The van der Waals surface area contributed by atoms with Gasteiger partial charge in [-0.3, -0.25) is 14.5 Å². The van der Waals surface area contributed by atoms with Gasteiger partial charge in [-0.25, -0.2) is 4.79 Å². The number of amides is 1. The molecule has 2 aliphatic rings. The molecule has 6 nitrogen and oxygen atoms in total. The summed E-state index contributed by atoms with van der Waals surface area (Å²) >= 11 is 0. The zero-order chi connectivity index (χ0) is 25.4. The monoisotopic (exact) mass is 480 g/mol. The Bertz CT molecular complexity index is 1370. The van der Waals surface area contributed by atoms with Crippen molar-refractivity contribution in [1.82, 2.24) is 0 Å². The van der Waals surface area contributed by atoms with E-state index in [1.807, 2.05) is 31.2 Å². The zero-order valence-electron chi connectivity index (χ0n) is 20.6. The van der Waals surface area contributed by atoms with E-state index in [9.17, 15) is 14.4 Å². The maximum absolute atomic E-state index is 13.8. The third kappa shape index (κ3) is 4.19. The Labute approximate surface area is 210 Å². The number of aryl methyl sites for hydroxylation is 1. The van der Waals surface area contributed by atoms with Crippen molar-refractivity contribution >= 4 is 29.0 Å². The number of fused-ring (bicyclic) bond motifs is 1. The predicted molar refractivity (Wildman–Crippen MR) is 139 cm³/mol. The van der Waals surface area contributed by atoms with Crippen LogP contribution in [0.15, 0.2) is 84.1 Å². The van der Waals surface area contributed by atoms with Crippen molar-refractivity contribution in [3.63, 3.8) is 0 Å². The standard InChI is InChI=1S/C30H28N2O4/c1-18-8-10-20(11-9-18)23-16-25-28(27(34)17-23)29(21-12-14-22(15-13-21)30(35)36-3)32(19(2)33)26-7-5-4-6-24(26)31-25/h4-15,23,29,31H,16-17H2,1-3H3/t23-,29-/m0/s1. The summed E-state index contributed by atoms with van der Waals surface area (Å²) in [6.07, 6.45) is 1.02. The van der Waals surface area contributed by atoms with Crippen LogP contribution in [0.25, 0.3) is 0 Å². The van der Waals surface area contributed by atoms with Crippen LogP contribution in [0.4, 0.5) is 11.4 Å². The zero-order valence-corrected chi connectivity index (χ0v) is 20.6. The van der Waals surface area contributed by atoms with Gasteiger partial charge < -0.3 is 10.1 Å². The quantitative estimate of drug-likeness (QED) is 0.487. The van der Waals surface area contributed by atoms with Crippen molar-refractivity contribution in [1.29, 1.82) is 0 Å². The van der Waals surface area contributed by atoms with E-state index in [1.165, 1.54) is 19.6 Å². The van der Waals surface area contributed by atoms with Crippen LogP contribution in [0.2, 0.25) is 0 Å². The molecule has 0 unspecified atom stereocenters. The van der Waals surface area contributed by atoms with E-state index in [0.717, 1.165) is 22.5 Å². The van der Waals surface area contributed by atoms with E-state index in [-0.39, 0.29) is 17.6 Å². The lowest BCUT2D eigenvalue weighted by Gasteiger charge is -2.34. The summed E-state index contributed by atoms with van der Waals surface area (Å²) in [6, 6.07) is 22.3. The molecule has 1 aliphatic carbocycles. The number of para-hydroxylation sites is 2. The molecule has 0 spiro atoms. The fourth-order valence-corrected chi connectivity index (χ4v) is 5.25. The van der Waals surface area contributed by atoms with Crippen molar-refractivity contribution < 1.29 is 19.1 Å². The van der Waals surface area contributed by atoms with Crippen LogP contribution >= 0.6 is 0 Å². The molecule has 2 atom stereocenters. The van der Waals surface area contributed by atoms with Crippen LogP contribution in [0.3, 0.4) is 0 Å². The van der Waals surface area contributed by atoms with Crippen molar-refractivity contribution in [2.45, 2.75) is 38.6 Å². The highest BCUT2D eigenvalue weighted by atomic mass is 16.5. The summed E-state index contributed by atoms with van der Waals surface area (Å²) in [5, 5.41) is 3.52. The molecule has 182 valence electrons. The molecule has 3 aromatic carbocycles. The molecule has 5 rings (SSSR count). The third-order valence-electron chi connectivity index (χ3n) is 7.02. The number of anilines is 2. The predicted octanol–water partition coefficient (Wildman–Crippen LogP) is 5.70. The molecule has 0 radical (unpaired) electrons. The first-order chi connectivity index (χ1) is 17.4. The lowest BCUT2D eigenvalue weighted by atomic mass is 9.78. The van der Waals surface area contributed by atoms with Gasteiger partial charge in [0.1, 0.15) is 0 Å². The van der Waals surface area contributed by atoms with E-state index in [1.54, 1.807) is 29.2 Å². The molecule has 1 N–H and O–H groups in total. The number of ketones is 1. The average Bonchev–Trinajstić information content (AvgIpc) is 3.03. The maximum atomic E-state index is 13.8. The second-order valence-corrected chi connectivity index (χ2v) is 9.38. The number of hydrogen-bond acceptors (Lipinski definition) is 5. The first-order valence-corrected chi connectivity index (χ1v) is 12.0. The minimum atomic E-state index is -0.619. The minimum Gasteiger partial charge on any atom is -0.465 e. The largest absolute Gasteiger partial charge is 0.465 e. The Kier molecular flexibility index (Phi) is 6.18. The van der Waals surface area contributed by atoms with E-state index < -0.39 is 12.0 Å². The smallest absolute Gasteiger partial charge is 0.337 e. The van der Waals surface area contributed by atoms with Gasteiger partial charge in [0.15, 0.2) is 5.78 Å². The van der Waals surface area contributed by atoms with E-state index in [4.69, 9.17) is 4.74 Å². The SMILES string of the molecule is COC(=O)c1ccc([C@H]2C3=C(C[C@H](c4ccc(C)cc4)CC3=O)Nc3ccccc3N2C(C)=O)cc1. The Morgan fingerprint density at radius 2 is 1.58 bits per heavy atom. The Morgan fingerprint density at radius 3 is 2.25 bits per heavy atom. The molecule has 1 aliphatic heterocycles. The van der Waals surface area contributed by atoms with Gasteiger partial charge in [-0.05, 0) is 54.7 Å². The molecular weight excluding hydrogens is 452 g/mol. The molecule has 0 bridgehead atoms. The number of nitrogens with zero attached hydrogens (tertiary/aromatic N) is 1. The molecular formula is C30H28N2O4. The molecule has 1 heterocycles. The molecule has 0 saturated carbocycles. The number of methoxy groups -OCH3 is 1. The van der Waals surface area contributed by atoms with Crippen LogP contribution in [0.1, 0.15) is 58.8 Å². The summed E-state index contributed by atoms with van der Waals surface area (Å²) < 4.78 is 4.83. The van der Waals surface area contributed by atoms with Crippen LogP contribution < -0.4 is 10.2 Å². The number of ether oxygens (including phenoxy) is 1. The number of benzene rings is 3. The van der Waals surface area contributed by atoms with Gasteiger partial charge in [0.05, 0.1) is 30.1 Å². The summed E-state index contributed by atoms with van der Waals surface area (Å²) in [7, 11) is 1.34. The number of Topliss-reactive ketones (excluding diaryl/α,β-unsaturated/α-hetero) is 1. The maximum Gasteiger partial charge on any atom is 0.337 e. The van der Waals surface area contributed by atoms with Gasteiger partial charge in [-0.1, -0.05) is 54.1 Å². The van der Waals surface area contributed by atoms with Crippen molar-refractivity contribution in [2.24, 2.45) is 0 Å². The van der Waals surface area contributed by atoms with Crippen LogP contribution in [0, 0.1) is 6.92 Å². The number of rotatable bonds is 3. The molecule has 0 saturated heterocycles. The number of nitrogens with one attached hydrogen (secondary N) is 1. The summed E-state index contributed by atoms with van der Waals surface area (Å²) in [5.41, 5.74) is 6.38. The van der Waals surface area contributed by atoms with Gasteiger partial charge in [0.2, 0.25) is 5.91 Å². The first-order valence-electron chi connectivity index (χ1n) is 12.0. The molecule has 6 heteroatoms. The fourth-order valence-electron chi connectivity index (χ4n) is 5.25. The van der Waals surface area contributed by atoms with Crippen molar-refractivity contribution in [3.8, 4) is 0 Å². The first kappa shape index (κ1) is 23.5. The van der Waals surface area contributed by atoms with E-state index in [2.05, 4.69) is 29.6 Å². The van der Waals surface area contributed by atoms with Crippen LogP contribution in [-0.4, -0.2) is 24.8 Å². The third-order valence-corrected chi connectivity index (χ3v) is 7.02. The summed E-state index contributed by atoms with van der Waals surface area (Å²) in [6.45, 7) is 3.56. The van der Waals surface area contributed by atoms with Gasteiger partial charge in [-0.15, -0.1) is 0 Å². The number of esters is 1. The highest BCUT2D eigenvalue weighted by Gasteiger charge is 2.40. The summed E-state index contributed by atoms with van der Waals surface area (Å²) in [5.74, 6) is -0.556. The molecule has 3 aromatic rings. The van der Waals surface area contributed by atoms with Crippen molar-refractivity contribution in [2.75, 3.05) is 17.3 Å². The Balaban J connectivity index is 1.66. The second-order valence-electron chi connectivity index (χ2n) is 9.38. The van der Waals surface area contributed by atoms with E-state index >= 15 is 0 Å². The number of allylic oxidation sites excluding steroid dienone is 1. The van der Waals surface area contributed by atoms with Gasteiger partial charge in [0, 0.05) is 24.6 Å². The van der Waals surface area contributed by atoms with Gasteiger partial charge >= 0.3 is 5.97 Å². The second kappa shape index (κ2) is 9.46. The average molecular weight is 481 g/mol. The number of hydrogen-bond donors (Lipinski definition) is 1. The van der Waals surface area contributed by atoms with Gasteiger partial charge in [0.25, 0.3) is 0 Å². The minimum absolute atomic E-state index is 0.00965. The molecule has 1 amide bonds. The Hall–Kier alpha value is -4.19. The summed E-state index contributed by atoms with van der Waals surface area (Å²) in [4.78, 5) is 40.6. The highest BCUT2D eigenvalue weighted by molar-refractivity contribution is 6.06. The van der Waals surface area contributed by atoms with Crippen LogP contribution in [-0.2, 0) is 14.3 Å². The lowest BCUT2D eigenvalue weighted by Crippen LogP contribution is -2.37. The number of carbonyl (C=O) groups is 3. The van der Waals surface area contributed by atoms with Crippen molar-refractivity contribution in [3.05, 3.63) is 106 Å². The Morgan fingerprint density at radius 1 is 0.917 bits per heavy atom. The molecule has 0 fully saturated rings. The molecule has 0 aromatic heterocycles. The topological polar surface area (TPSA) is 75.7 Å².